The van der Waals surface area contributed by atoms with E-state index in [2.05, 4.69) is 5.10 Å². The summed E-state index contributed by atoms with van der Waals surface area (Å²) in [5.74, 6) is 0. The monoisotopic (exact) mass is 352 g/mol. The topological polar surface area (TPSA) is 36.3 Å². The Bertz CT molecular complexity index is 783. The Labute approximate surface area is 145 Å². The van der Waals surface area contributed by atoms with Crippen LogP contribution in [0.25, 0.3) is 5.69 Å². The standard InChI is InChI=1S/C17H20BF3N2O2/c1-11-6-7-23(22-11)14-9-12(17(19,20)21)8-13(10-14)18-24-15(2,3)16(4,5)25-18/h6-10H,1-5H3. The lowest BCUT2D eigenvalue weighted by atomic mass is 9.78. The van der Waals surface area contributed by atoms with E-state index >= 15 is 0 Å². The molecule has 0 amide bonds. The molecule has 25 heavy (non-hydrogen) atoms. The molecule has 0 N–H and O–H groups in total. The lowest BCUT2D eigenvalue weighted by Gasteiger charge is -2.32. The van der Waals surface area contributed by atoms with E-state index in [0.29, 0.717) is 11.2 Å². The van der Waals surface area contributed by atoms with Crippen LogP contribution in [0.3, 0.4) is 0 Å². The molecule has 0 aliphatic carbocycles. The summed E-state index contributed by atoms with van der Waals surface area (Å²) >= 11 is 0. The highest BCUT2D eigenvalue weighted by atomic mass is 19.4. The minimum atomic E-state index is -4.48. The van der Waals surface area contributed by atoms with E-state index in [1.165, 1.54) is 4.68 Å². The van der Waals surface area contributed by atoms with Gasteiger partial charge in [0.1, 0.15) is 0 Å². The van der Waals surface area contributed by atoms with E-state index in [1.54, 1.807) is 25.3 Å². The van der Waals surface area contributed by atoms with Crippen molar-refractivity contribution >= 4 is 12.6 Å². The zero-order valence-electron chi connectivity index (χ0n) is 14.8. The van der Waals surface area contributed by atoms with Crippen LogP contribution in [0.5, 0.6) is 0 Å². The Morgan fingerprint density at radius 2 is 1.64 bits per heavy atom. The first-order valence-corrected chi connectivity index (χ1v) is 7.99. The summed E-state index contributed by atoms with van der Waals surface area (Å²) < 4.78 is 53.3. The van der Waals surface area contributed by atoms with Crippen molar-refractivity contribution in [1.82, 2.24) is 9.78 Å². The van der Waals surface area contributed by atoms with Crippen molar-refractivity contribution in [1.29, 1.82) is 0 Å². The van der Waals surface area contributed by atoms with Crippen LogP contribution in [0.2, 0.25) is 0 Å². The van der Waals surface area contributed by atoms with Crippen molar-refractivity contribution in [3.05, 3.63) is 41.7 Å². The van der Waals surface area contributed by atoms with E-state index in [9.17, 15) is 13.2 Å². The number of hydrogen-bond donors (Lipinski definition) is 0. The number of benzene rings is 1. The second-order valence-corrected chi connectivity index (χ2v) is 7.30. The molecule has 0 radical (unpaired) electrons. The first-order valence-electron chi connectivity index (χ1n) is 7.99. The first-order chi connectivity index (χ1) is 11.4. The average Bonchev–Trinajstić information content (AvgIpc) is 2.99. The maximum absolute atomic E-state index is 13.3. The molecular weight excluding hydrogens is 332 g/mol. The Morgan fingerprint density at radius 3 is 2.12 bits per heavy atom. The summed E-state index contributed by atoms with van der Waals surface area (Å²) in [5.41, 5.74) is -0.676. The molecule has 2 aromatic rings. The van der Waals surface area contributed by atoms with Gasteiger partial charge in [-0.3, -0.25) is 0 Å². The highest BCUT2D eigenvalue weighted by Gasteiger charge is 2.52. The fraction of sp³-hybridized carbons (Fsp3) is 0.471. The van der Waals surface area contributed by atoms with Crippen molar-refractivity contribution in [3.8, 4) is 5.69 Å². The van der Waals surface area contributed by atoms with E-state index in [0.717, 1.165) is 17.8 Å². The minimum Gasteiger partial charge on any atom is -0.399 e. The van der Waals surface area contributed by atoms with Crippen LogP contribution in [-0.2, 0) is 15.5 Å². The number of aromatic nitrogens is 2. The molecule has 0 atom stereocenters. The summed E-state index contributed by atoms with van der Waals surface area (Å²) in [4.78, 5) is 0. The van der Waals surface area contributed by atoms with Crippen molar-refractivity contribution in [3.63, 3.8) is 0 Å². The Kier molecular flexibility index (Phi) is 4.04. The largest absolute Gasteiger partial charge is 0.494 e. The van der Waals surface area contributed by atoms with Gasteiger partial charge >= 0.3 is 13.3 Å². The third kappa shape index (κ3) is 3.33. The van der Waals surface area contributed by atoms with Crippen LogP contribution in [0.15, 0.2) is 30.5 Å². The lowest BCUT2D eigenvalue weighted by molar-refractivity contribution is -0.137. The minimum absolute atomic E-state index is 0.313. The molecule has 4 nitrogen and oxygen atoms in total. The van der Waals surface area contributed by atoms with Crippen LogP contribution in [0.1, 0.15) is 39.0 Å². The van der Waals surface area contributed by atoms with E-state index in [1.807, 2.05) is 27.7 Å². The van der Waals surface area contributed by atoms with Crippen LogP contribution >= 0.6 is 0 Å². The number of nitrogens with zero attached hydrogens (tertiary/aromatic N) is 2. The molecule has 0 unspecified atom stereocenters. The summed E-state index contributed by atoms with van der Waals surface area (Å²) in [5, 5.41) is 4.20. The summed E-state index contributed by atoms with van der Waals surface area (Å²) in [6.07, 6.45) is -2.85. The summed E-state index contributed by atoms with van der Waals surface area (Å²) in [6, 6.07) is 5.49. The van der Waals surface area contributed by atoms with Crippen molar-refractivity contribution in [2.75, 3.05) is 0 Å². The number of aryl methyl sites for hydroxylation is 1. The van der Waals surface area contributed by atoms with Gasteiger partial charge in [-0.2, -0.15) is 18.3 Å². The molecular formula is C17H20BF3N2O2. The van der Waals surface area contributed by atoms with Crippen molar-refractivity contribution < 1.29 is 22.5 Å². The highest BCUT2D eigenvalue weighted by Crippen LogP contribution is 2.37. The average molecular weight is 352 g/mol. The number of rotatable bonds is 2. The van der Waals surface area contributed by atoms with Gasteiger partial charge in [-0.05, 0) is 58.3 Å². The van der Waals surface area contributed by atoms with Gasteiger partial charge in [0.15, 0.2) is 0 Å². The van der Waals surface area contributed by atoms with E-state index < -0.39 is 30.1 Å². The zero-order valence-corrected chi connectivity index (χ0v) is 14.8. The maximum atomic E-state index is 13.3. The molecule has 1 saturated heterocycles. The molecule has 8 heteroatoms. The van der Waals surface area contributed by atoms with Gasteiger partial charge in [-0.15, -0.1) is 0 Å². The fourth-order valence-corrected chi connectivity index (χ4v) is 2.60. The molecule has 1 aromatic heterocycles. The predicted octanol–water partition coefficient (Wildman–Crippen LogP) is 3.50. The third-order valence-electron chi connectivity index (χ3n) is 4.78. The van der Waals surface area contributed by atoms with Gasteiger partial charge in [0.05, 0.1) is 28.1 Å². The number of hydrogen-bond acceptors (Lipinski definition) is 3. The van der Waals surface area contributed by atoms with Gasteiger partial charge in [-0.1, -0.05) is 6.07 Å². The molecule has 0 saturated carbocycles. The Morgan fingerprint density at radius 1 is 1.04 bits per heavy atom. The van der Waals surface area contributed by atoms with Crippen LogP contribution < -0.4 is 5.46 Å². The third-order valence-corrected chi connectivity index (χ3v) is 4.78. The number of alkyl halides is 3. The smallest absolute Gasteiger partial charge is 0.399 e. The summed E-state index contributed by atoms with van der Waals surface area (Å²) in [6.45, 7) is 9.22. The quantitative estimate of drug-likeness (QED) is 0.777. The molecule has 0 bridgehead atoms. The molecule has 1 aliphatic rings. The zero-order chi connectivity index (χ0) is 18.6. The normalized spacial score (nSPS) is 19.4. The molecule has 1 aromatic carbocycles. The molecule has 1 aliphatic heterocycles. The van der Waals surface area contributed by atoms with E-state index in [4.69, 9.17) is 9.31 Å². The second-order valence-electron chi connectivity index (χ2n) is 7.30. The van der Waals surface area contributed by atoms with Gasteiger partial charge < -0.3 is 9.31 Å². The Hall–Kier alpha value is -1.80. The van der Waals surface area contributed by atoms with Gasteiger partial charge in [0.2, 0.25) is 0 Å². The first kappa shape index (κ1) is 18.0. The lowest BCUT2D eigenvalue weighted by Crippen LogP contribution is -2.41. The van der Waals surface area contributed by atoms with Gasteiger partial charge in [0.25, 0.3) is 0 Å². The SMILES string of the molecule is Cc1ccn(-c2cc(B3OC(C)(C)C(C)(C)O3)cc(C(F)(F)F)c2)n1. The highest BCUT2D eigenvalue weighted by molar-refractivity contribution is 6.62. The molecule has 2 heterocycles. The van der Waals surface area contributed by atoms with Gasteiger partial charge in [-0.25, -0.2) is 4.68 Å². The molecule has 0 spiro atoms. The van der Waals surface area contributed by atoms with Crippen LogP contribution in [0.4, 0.5) is 13.2 Å². The number of halogens is 3. The van der Waals surface area contributed by atoms with Crippen molar-refractivity contribution in [2.24, 2.45) is 0 Å². The van der Waals surface area contributed by atoms with Crippen molar-refractivity contribution in [2.45, 2.75) is 52.0 Å². The molecule has 1 fully saturated rings. The second kappa shape index (κ2) is 5.61. The van der Waals surface area contributed by atoms with Crippen LogP contribution in [0, 0.1) is 6.92 Å². The van der Waals surface area contributed by atoms with Gasteiger partial charge in [0, 0.05) is 6.20 Å². The van der Waals surface area contributed by atoms with Crippen LogP contribution in [-0.4, -0.2) is 28.1 Å². The molecule has 134 valence electrons. The fourth-order valence-electron chi connectivity index (χ4n) is 2.60. The summed E-state index contributed by atoms with van der Waals surface area (Å²) in [7, 11) is -0.872. The molecule has 3 rings (SSSR count). The maximum Gasteiger partial charge on any atom is 0.494 e. The Balaban J connectivity index is 2.08. The predicted molar refractivity (Wildman–Crippen MR) is 89.0 cm³/mol. The van der Waals surface area contributed by atoms with E-state index in [-0.39, 0.29) is 0 Å².